The summed E-state index contributed by atoms with van der Waals surface area (Å²) in [7, 11) is 1.80. The van der Waals surface area contributed by atoms with Crippen LogP contribution in [0.4, 0.5) is 0 Å². The van der Waals surface area contributed by atoms with E-state index in [4.69, 9.17) is 4.74 Å². The zero-order chi connectivity index (χ0) is 9.14. The van der Waals surface area contributed by atoms with Crippen LogP contribution in [0, 0.1) is 5.92 Å². The molecule has 1 aliphatic rings. The summed E-state index contributed by atoms with van der Waals surface area (Å²) >= 11 is 0. The van der Waals surface area contributed by atoms with E-state index in [1.165, 1.54) is 0 Å². The fourth-order valence-corrected chi connectivity index (χ4v) is 1.59. The molecule has 3 nitrogen and oxygen atoms in total. The Morgan fingerprint density at radius 3 is 2.75 bits per heavy atom. The molecule has 1 amide bonds. The molecule has 0 radical (unpaired) electrons. The Labute approximate surface area is 73.7 Å². The minimum absolute atomic E-state index is 0.00347. The van der Waals surface area contributed by atoms with Crippen molar-refractivity contribution in [3.05, 3.63) is 0 Å². The highest BCUT2D eigenvalue weighted by molar-refractivity contribution is 5.73. The first-order chi connectivity index (χ1) is 5.63. The van der Waals surface area contributed by atoms with Gasteiger partial charge < -0.3 is 9.64 Å². The second-order valence-electron chi connectivity index (χ2n) is 3.51. The Morgan fingerprint density at radius 2 is 2.25 bits per heavy atom. The fraction of sp³-hybridized carbons (Fsp3) is 0.889. The highest BCUT2D eigenvalue weighted by atomic mass is 16.5. The van der Waals surface area contributed by atoms with Gasteiger partial charge in [0.25, 0.3) is 0 Å². The zero-order valence-electron chi connectivity index (χ0n) is 8.04. The Kier molecular flexibility index (Phi) is 3.09. The number of ether oxygens (including phenoxy) is 1. The van der Waals surface area contributed by atoms with Crippen LogP contribution in [-0.2, 0) is 9.53 Å². The molecule has 0 spiro atoms. The predicted octanol–water partition coefficient (Wildman–Crippen LogP) is 1.24. The molecule has 2 atom stereocenters. The van der Waals surface area contributed by atoms with E-state index < -0.39 is 0 Å². The topological polar surface area (TPSA) is 29.5 Å². The highest BCUT2D eigenvalue weighted by Crippen LogP contribution is 2.21. The number of carbonyl (C=O) groups excluding carboxylic acids is 1. The van der Waals surface area contributed by atoms with E-state index in [2.05, 4.69) is 6.92 Å². The summed E-state index contributed by atoms with van der Waals surface area (Å²) in [4.78, 5) is 12.7. The number of hydrogen-bond donors (Lipinski definition) is 0. The summed E-state index contributed by atoms with van der Waals surface area (Å²) in [6, 6.07) is 0. The second-order valence-corrected chi connectivity index (χ2v) is 3.51. The quantitative estimate of drug-likeness (QED) is 0.594. The molecule has 1 aliphatic heterocycles. The van der Waals surface area contributed by atoms with Gasteiger partial charge in [0, 0.05) is 26.5 Å². The average molecular weight is 171 g/mol. The summed E-state index contributed by atoms with van der Waals surface area (Å²) in [6.07, 6.45) is 2.27. The van der Waals surface area contributed by atoms with Crippen LogP contribution < -0.4 is 0 Å². The lowest BCUT2D eigenvalue weighted by Gasteiger charge is -2.35. The molecule has 1 saturated heterocycles. The molecule has 12 heavy (non-hydrogen) atoms. The van der Waals surface area contributed by atoms with E-state index in [0.717, 1.165) is 19.4 Å². The fourth-order valence-electron chi connectivity index (χ4n) is 1.59. The molecule has 1 rings (SSSR count). The number of nitrogens with zero attached hydrogens (tertiary/aromatic N) is 1. The SMILES string of the molecule is CC(=O)N(C)[C@@H]1OCCC[C@H]1C. The van der Waals surface area contributed by atoms with Crippen molar-refractivity contribution in [3.8, 4) is 0 Å². The maximum Gasteiger partial charge on any atom is 0.221 e. The van der Waals surface area contributed by atoms with Crippen LogP contribution in [0.1, 0.15) is 26.7 Å². The molecule has 0 aromatic rings. The van der Waals surface area contributed by atoms with Crippen molar-refractivity contribution >= 4 is 5.91 Å². The van der Waals surface area contributed by atoms with Gasteiger partial charge in [0.2, 0.25) is 5.91 Å². The average Bonchev–Trinajstić information content (AvgIpc) is 2.04. The molecule has 3 heteroatoms. The maximum absolute atomic E-state index is 11.0. The molecule has 0 N–H and O–H groups in total. The monoisotopic (exact) mass is 171 g/mol. The zero-order valence-corrected chi connectivity index (χ0v) is 8.04. The van der Waals surface area contributed by atoms with Gasteiger partial charge in [-0.25, -0.2) is 0 Å². The Balaban J connectivity index is 2.53. The van der Waals surface area contributed by atoms with E-state index in [1.807, 2.05) is 0 Å². The first kappa shape index (κ1) is 9.52. The van der Waals surface area contributed by atoms with Gasteiger partial charge in [0.1, 0.15) is 6.23 Å². The van der Waals surface area contributed by atoms with Gasteiger partial charge in [-0.2, -0.15) is 0 Å². The van der Waals surface area contributed by atoms with Crippen molar-refractivity contribution in [1.29, 1.82) is 0 Å². The molecule has 0 aromatic carbocycles. The largest absolute Gasteiger partial charge is 0.358 e. The number of hydrogen-bond acceptors (Lipinski definition) is 2. The van der Waals surface area contributed by atoms with Crippen LogP contribution >= 0.6 is 0 Å². The molecular weight excluding hydrogens is 154 g/mol. The summed E-state index contributed by atoms with van der Waals surface area (Å²) < 4.78 is 5.52. The Bertz CT molecular complexity index is 170. The minimum atomic E-state index is -0.00347. The van der Waals surface area contributed by atoms with Crippen molar-refractivity contribution < 1.29 is 9.53 Å². The van der Waals surface area contributed by atoms with Gasteiger partial charge in [-0.15, -0.1) is 0 Å². The summed E-state index contributed by atoms with van der Waals surface area (Å²) in [5.74, 6) is 0.543. The van der Waals surface area contributed by atoms with E-state index in [9.17, 15) is 4.79 Å². The summed E-state index contributed by atoms with van der Waals surface area (Å²) in [5.41, 5.74) is 0. The molecule has 0 bridgehead atoms. The molecule has 0 unspecified atom stereocenters. The minimum Gasteiger partial charge on any atom is -0.358 e. The van der Waals surface area contributed by atoms with Crippen LogP contribution in [0.5, 0.6) is 0 Å². The number of carbonyl (C=O) groups is 1. The van der Waals surface area contributed by atoms with E-state index in [1.54, 1.807) is 18.9 Å². The third kappa shape index (κ3) is 1.97. The molecule has 1 heterocycles. The first-order valence-corrected chi connectivity index (χ1v) is 4.48. The lowest BCUT2D eigenvalue weighted by molar-refractivity contribution is -0.152. The Morgan fingerprint density at radius 1 is 1.58 bits per heavy atom. The molecular formula is C9H17NO2. The van der Waals surface area contributed by atoms with E-state index in [-0.39, 0.29) is 12.1 Å². The van der Waals surface area contributed by atoms with Crippen LogP contribution in [0.3, 0.4) is 0 Å². The first-order valence-electron chi connectivity index (χ1n) is 4.48. The lowest BCUT2D eigenvalue weighted by atomic mass is 10.0. The van der Waals surface area contributed by atoms with E-state index >= 15 is 0 Å². The highest BCUT2D eigenvalue weighted by Gasteiger charge is 2.26. The van der Waals surface area contributed by atoms with Crippen molar-refractivity contribution in [3.63, 3.8) is 0 Å². The van der Waals surface area contributed by atoms with Gasteiger partial charge in [0.15, 0.2) is 0 Å². The van der Waals surface area contributed by atoms with Gasteiger partial charge in [-0.05, 0) is 12.8 Å². The molecule has 0 aliphatic carbocycles. The summed E-state index contributed by atoms with van der Waals surface area (Å²) in [5, 5.41) is 0. The molecule has 1 fully saturated rings. The van der Waals surface area contributed by atoms with Crippen molar-refractivity contribution in [2.75, 3.05) is 13.7 Å². The summed E-state index contributed by atoms with van der Waals surface area (Å²) in [6.45, 7) is 4.49. The standard InChI is InChI=1S/C9H17NO2/c1-7-5-4-6-12-9(7)10(3)8(2)11/h7,9H,4-6H2,1-3H3/t7-,9-/m1/s1. The van der Waals surface area contributed by atoms with Crippen LogP contribution in [0.2, 0.25) is 0 Å². The second kappa shape index (κ2) is 3.90. The number of amides is 1. The van der Waals surface area contributed by atoms with Gasteiger partial charge in [-0.1, -0.05) is 6.92 Å². The van der Waals surface area contributed by atoms with E-state index in [0.29, 0.717) is 5.92 Å². The van der Waals surface area contributed by atoms with Crippen molar-refractivity contribution in [2.24, 2.45) is 5.92 Å². The maximum atomic E-state index is 11.0. The van der Waals surface area contributed by atoms with Crippen LogP contribution in [0.15, 0.2) is 0 Å². The van der Waals surface area contributed by atoms with Crippen molar-refractivity contribution in [1.82, 2.24) is 4.90 Å². The predicted molar refractivity (Wildman–Crippen MR) is 46.6 cm³/mol. The van der Waals surface area contributed by atoms with Crippen LogP contribution in [-0.4, -0.2) is 30.7 Å². The lowest BCUT2D eigenvalue weighted by Crippen LogP contribution is -2.44. The normalized spacial score (nSPS) is 29.9. The smallest absolute Gasteiger partial charge is 0.221 e. The van der Waals surface area contributed by atoms with Crippen LogP contribution in [0.25, 0.3) is 0 Å². The third-order valence-corrected chi connectivity index (χ3v) is 2.46. The molecule has 0 aromatic heterocycles. The third-order valence-electron chi connectivity index (χ3n) is 2.46. The molecule has 70 valence electrons. The van der Waals surface area contributed by atoms with Gasteiger partial charge >= 0.3 is 0 Å². The van der Waals surface area contributed by atoms with Gasteiger partial charge in [0.05, 0.1) is 0 Å². The Hall–Kier alpha value is -0.570. The van der Waals surface area contributed by atoms with Crippen molar-refractivity contribution in [2.45, 2.75) is 32.9 Å². The number of rotatable bonds is 1. The van der Waals surface area contributed by atoms with Gasteiger partial charge in [-0.3, -0.25) is 4.79 Å². The molecule has 0 saturated carbocycles.